The molecule has 1 amide bonds. The number of anilines is 1. The van der Waals surface area contributed by atoms with Gasteiger partial charge in [0.25, 0.3) is 5.91 Å². The number of benzene rings is 3. The van der Waals surface area contributed by atoms with Crippen molar-refractivity contribution in [2.45, 2.75) is 6.61 Å². The second-order valence-corrected chi connectivity index (χ2v) is 7.70. The molecule has 0 saturated carbocycles. The van der Waals surface area contributed by atoms with Crippen LogP contribution in [0, 0.1) is 5.82 Å². The summed E-state index contributed by atoms with van der Waals surface area (Å²) in [5.41, 5.74) is 1.09. The Bertz CT molecular complexity index is 1240. The van der Waals surface area contributed by atoms with E-state index in [0.29, 0.717) is 43.5 Å². The first-order valence-corrected chi connectivity index (χ1v) is 10.1. The number of carbonyl (C=O) groups excluding carboxylic acids is 1. The van der Waals surface area contributed by atoms with Crippen LogP contribution in [0.1, 0.15) is 15.2 Å². The van der Waals surface area contributed by atoms with Gasteiger partial charge < -0.3 is 19.5 Å². The summed E-state index contributed by atoms with van der Waals surface area (Å²) in [7, 11) is 0. The minimum atomic E-state index is -0.377. The van der Waals surface area contributed by atoms with Crippen molar-refractivity contribution < 1.29 is 23.4 Å². The Kier molecular flexibility index (Phi) is 4.72. The summed E-state index contributed by atoms with van der Waals surface area (Å²) < 4.78 is 31.8. The number of hydrogen-bond acceptors (Lipinski definition) is 5. The van der Waals surface area contributed by atoms with Crippen LogP contribution in [0.2, 0.25) is 0 Å². The van der Waals surface area contributed by atoms with Crippen molar-refractivity contribution in [3.05, 3.63) is 83.0 Å². The van der Waals surface area contributed by atoms with Gasteiger partial charge in [0.15, 0.2) is 11.5 Å². The summed E-state index contributed by atoms with van der Waals surface area (Å²) in [4.78, 5) is 13.5. The van der Waals surface area contributed by atoms with Crippen LogP contribution in [0.15, 0.2) is 66.7 Å². The van der Waals surface area contributed by atoms with Gasteiger partial charge in [-0.25, -0.2) is 4.39 Å². The van der Waals surface area contributed by atoms with E-state index in [4.69, 9.17) is 14.2 Å². The number of para-hydroxylation sites is 1. The quantitative estimate of drug-likeness (QED) is 0.456. The molecule has 0 bridgehead atoms. The maximum absolute atomic E-state index is 14.6. The molecule has 1 aromatic heterocycles. The Hall–Kier alpha value is -3.58. The number of rotatable bonds is 5. The van der Waals surface area contributed by atoms with Gasteiger partial charge in [0.05, 0.1) is 0 Å². The van der Waals surface area contributed by atoms with Gasteiger partial charge in [-0.05, 0) is 36.4 Å². The second kappa shape index (κ2) is 7.68. The van der Waals surface area contributed by atoms with Crippen LogP contribution < -0.4 is 19.5 Å². The average molecular weight is 421 g/mol. The molecule has 5 nitrogen and oxygen atoms in total. The van der Waals surface area contributed by atoms with E-state index in [1.165, 1.54) is 17.4 Å². The van der Waals surface area contributed by atoms with Gasteiger partial charge in [0.1, 0.15) is 23.1 Å². The number of halogens is 1. The zero-order valence-electron chi connectivity index (χ0n) is 15.7. The highest BCUT2D eigenvalue weighted by molar-refractivity contribution is 7.21. The molecular weight excluding hydrogens is 405 g/mol. The summed E-state index contributed by atoms with van der Waals surface area (Å²) in [5, 5.41) is 3.28. The molecule has 30 heavy (non-hydrogen) atoms. The lowest BCUT2D eigenvalue weighted by Crippen LogP contribution is -2.13. The molecule has 4 aromatic rings. The Morgan fingerprint density at radius 3 is 2.73 bits per heavy atom. The number of fused-ring (bicyclic) bond motifs is 2. The van der Waals surface area contributed by atoms with Gasteiger partial charge in [-0.1, -0.05) is 24.3 Å². The largest absolute Gasteiger partial charge is 0.489 e. The molecule has 150 valence electrons. The minimum Gasteiger partial charge on any atom is -0.489 e. The summed E-state index contributed by atoms with van der Waals surface area (Å²) in [5.74, 6) is 1.14. The van der Waals surface area contributed by atoms with E-state index in [1.807, 2.05) is 30.3 Å². The van der Waals surface area contributed by atoms with Crippen LogP contribution in [0.25, 0.3) is 10.1 Å². The smallest absolute Gasteiger partial charge is 0.266 e. The highest BCUT2D eigenvalue weighted by atomic mass is 32.1. The van der Waals surface area contributed by atoms with Gasteiger partial charge in [-0.15, -0.1) is 11.3 Å². The topological polar surface area (TPSA) is 56.8 Å². The third kappa shape index (κ3) is 3.44. The molecule has 0 spiro atoms. The van der Waals surface area contributed by atoms with E-state index in [9.17, 15) is 9.18 Å². The van der Waals surface area contributed by atoms with Crippen molar-refractivity contribution in [3.8, 4) is 17.2 Å². The lowest BCUT2D eigenvalue weighted by atomic mass is 10.1. The van der Waals surface area contributed by atoms with Gasteiger partial charge in [-0.2, -0.15) is 0 Å². The van der Waals surface area contributed by atoms with Crippen molar-refractivity contribution in [1.29, 1.82) is 0 Å². The standard InChI is InChI=1S/C23H16FNO4S/c24-17-7-4-8-20-21(17)16(12-27-15-5-2-1-3-6-15)22(30-20)23(26)25-14-9-10-18-19(11-14)29-13-28-18/h1-11H,12-13H2,(H,25,26). The number of ether oxygens (including phenoxy) is 3. The second-order valence-electron chi connectivity index (χ2n) is 6.65. The molecule has 7 heteroatoms. The summed E-state index contributed by atoms with van der Waals surface area (Å²) in [6.45, 7) is 0.234. The Morgan fingerprint density at radius 2 is 1.87 bits per heavy atom. The maximum Gasteiger partial charge on any atom is 0.266 e. The fourth-order valence-corrected chi connectivity index (χ4v) is 4.44. The maximum atomic E-state index is 14.6. The SMILES string of the molecule is O=C(Nc1ccc2c(c1)OCO2)c1sc2cccc(F)c2c1COc1ccccc1. The van der Waals surface area contributed by atoms with Crippen LogP contribution in [0.3, 0.4) is 0 Å². The van der Waals surface area contributed by atoms with Crippen LogP contribution in [0.5, 0.6) is 17.2 Å². The first-order valence-electron chi connectivity index (χ1n) is 9.28. The van der Waals surface area contributed by atoms with E-state index in [1.54, 1.807) is 30.3 Å². The van der Waals surface area contributed by atoms with Gasteiger partial charge in [-0.3, -0.25) is 4.79 Å². The van der Waals surface area contributed by atoms with E-state index < -0.39 is 0 Å². The predicted octanol–water partition coefficient (Wildman–Crippen LogP) is 5.60. The Labute approximate surface area is 175 Å². The summed E-state index contributed by atoms with van der Waals surface area (Å²) >= 11 is 1.24. The number of thiophene rings is 1. The molecule has 0 radical (unpaired) electrons. The van der Waals surface area contributed by atoms with Crippen molar-refractivity contribution in [3.63, 3.8) is 0 Å². The molecule has 1 aliphatic rings. The Balaban J connectivity index is 1.48. The third-order valence-corrected chi connectivity index (χ3v) is 5.92. The first-order chi connectivity index (χ1) is 14.7. The molecule has 1 aliphatic heterocycles. The van der Waals surface area contributed by atoms with E-state index >= 15 is 0 Å². The zero-order valence-corrected chi connectivity index (χ0v) is 16.5. The van der Waals surface area contributed by atoms with E-state index in [2.05, 4.69) is 5.32 Å². The molecule has 0 saturated heterocycles. The lowest BCUT2D eigenvalue weighted by molar-refractivity contribution is 0.102. The van der Waals surface area contributed by atoms with Gasteiger partial charge in [0.2, 0.25) is 6.79 Å². The monoisotopic (exact) mass is 421 g/mol. The van der Waals surface area contributed by atoms with Crippen LogP contribution in [-0.4, -0.2) is 12.7 Å². The molecule has 0 atom stereocenters. The molecule has 1 N–H and O–H groups in total. The Morgan fingerprint density at radius 1 is 1.03 bits per heavy atom. The van der Waals surface area contributed by atoms with Crippen molar-refractivity contribution >= 4 is 33.0 Å². The summed E-state index contributed by atoms with van der Waals surface area (Å²) in [6, 6.07) is 19.2. The highest BCUT2D eigenvalue weighted by Gasteiger charge is 2.22. The lowest BCUT2D eigenvalue weighted by Gasteiger charge is -2.09. The van der Waals surface area contributed by atoms with Crippen LogP contribution in [-0.2, 0) is 6.61 Å². The number of amides is 1. The predicted molar refractivity (Wildman–Crippen MR) is 113 cm³/mol. The zero-order chi connectivity index (χ0) is 20.5. The van der Waals surface area contributed by atoms with E-state index in [-0.39, 0.29) is 25.1 Å². The third-order valence-electron chi connectivity index (χ3n) is 4.73. The number of nitrogens with one attached hydrogen (secondary N) is 1. The number of hydrogen-bond donors (Lipinski definition) is 1. The molecule has 5 rings (SSSR count). The molecule has 0 fully saturated rings. The minimum absolute atomic E-state index is 0.0782. The average Bonchev–Trinajstić information content (AvgIpc) is 3.38. The van der Waals surface area contributed by atoms with Gasteiger partial charge in [0, 0.05) is 27.4 Å². The highest BCUT2D eigenvalue weighted by Crippen LogP contribution is 2.37. The van der Waals surface area contributed by atoms with Crippen LogP contribution in [0.4, 0.5) is 10.1 Å². The van der Waals surface area contributed by atoms with Crippen LogP contribution >= 0.6 is 11.3 Å². The fraction of sp³-hybridized carbons (Fsp3) is 0.0870. The molecule has 0 unspecified atom stereocenters. The molecule has 0 aliphatic carbocycles. The van der Waals surface area contributed by atoms with Crippen molar-refractivity contribution in [2.24, 2.45) is 0 Å². The molecule has 3 aromatic carbocycles. The fourth-order valence-electron chi connectivity index (χ4n) is 3.32. The summed E-state index contributed by atoms with van der Waals surface area (Å²) in [6.07, 6.45) is 0. The van der Waals surface area contributed by atoms with E-state index in [0.717, 1.165) is 0 Å². The first kappa shape index (κ1) is 18.4. The molecule has 2 heterocycles. The van der Waals surface area contributed by atoms with Gasteiger partial charge >= 0.3 is 0 Å². The molecular formula is C23H16FNO4S. The number of carbonyl (C=O) groups is 1. The van der Waals surface area contributed by atoms with Crippen molar-refractivity contribution in [2.75, 3.05) is 12.1 Å². The van der Waals surface area contributed by atoms with Crippen molar-refractivity contribution in [1.82, 2.24) is 0 Å². The normalized spacial score (nSPS) is 12.2.